The first kappa shape index (κ1) is 21.0. The van der Waals surface area contributed by atoms with Gasteiger partial charge in [-0.1, -0.05) is 49.6 Å². The fourth-order valence-corrected chi connectivity index (χ4v) is 2.92. The van der Waals surface area contributed by atoms with Gasteiger partial charge < -0.3 is 10.2 Å². The minimum absolute atomic E-state index is 0.0767. The van der Waals surface area contributed by atoms with Crippen molar-refractivity contribution in [3.8, 4) is 0 Å². The van der Waals surface area contributed by atoms with Gasteiger partial charge in [-0.3, -0.25) is 9.59 Å². The summed E-state index contributed by atoms with van der Waals surface area (Å²) in [5.74, 6) is 0.00544. The number of para-hydroxylation sites is 1. The molecule has 2 rings (SSSR count). The van der Waals surface area contributed by atoms with Crippen molar-refractivity contribution in [3.05, 3.63) is 65.2 Å². The van der Waals surface area contributed by atoms with E-state index in [1.54, 1.807) is 29.2 Å². The Morgan fingerprint density at radius 1 is 0.963 bits per heavy atom. The molecule has 2 amide bonds. The summed E-state index contributed by atoms with van der Waals surface area (Å²) < 4.78 is 0. The third-order valence-electron chi connectivity index (χ3n) is 4.29. The maximum absolute atomic E-state index is 13.0. The summed E-state index contributed by atoms with van der Waals surface area (Å²) in [7, 11) is 0. The van der Waals surface area contributed by atoms with Crippen molar-refractivity contribution in [2.75, 3.05) is 18.0 Å². The van der Waals surface area contributed by atoms with Gasteiger partial charge in [0, 0.05) is 35.8 Å². The topological polar surface area (TPSA) is 49.4 Å². The van der Waals surface area contributed by atoms with Gasteiger partial charge >= 0.3 is 0 Å². The molecule has 0 spiro atoms. The van der Waals surface area contributed by atoms with Crippen LogP contribution >= 0.6 is 11.6 Å². The van der Waals surface area contributed by atoms with Crippen molar-refractivity contribution in [2.24, 2.45) is 0 Å². The van der Waals surface area contributed by atoms with Crippen LogP contribution in [0.5, 0.6) is 0 Å². The molecular weight excluding hydrogens is 360 g/mol. The molecule has 0 saturated heterocycles. The van der Waals surface area contributed by atoms with Crippen LogP contribution in [0, 0.1) is 0 Å². The lowest BCUT2D eigenvalue weighted by atomic mass is 10.1. The van der Waals surface area contributed by atoms with E-state index in [2.05, 4.69) is 12.2 Å². The number of hydrogen-bond acceptors (Lipinski definition) is 2. The summed E-state index contributed by atoms with van der Waals surface area (Å²) in [6.45, 7) is 3.21. The van der Waals surface area contributed by atoms with Crippen LogP contribution < -0.4 is 10.2 Å². The normalized spacial score (nSPS) is 10.4. The largest absolute Gasteiger partial charge is 0.356 e. The number of hydrogen-bond donors (Lipinski definition) is 1. The highest BCUT2D eigenvalue weighted by molar-refractivity contribution is 6.30. The lowest BCUT2D eigenvalue weighted by Gasteiger charge is -2.23. The predicted octanol–water partition coefficient (Wildman–Crippen LogP) is 5.07. The first-order chi connectivity index (χ1) is 13.1. The van der Waals surface area contributed by atoms with Crippen LogP contribution in [0.15, 0.2) is 54.6 Å². The Morgan fingerprint density at radius 2 is 1.67 bits per heavy atom. The maximum Gasteiger partial charge on any atom is 0.258 e. The van der Waals surface area contributed by atoms with E-state index in [1.807, 2.05) is 30.3 Å². The second-order valence-electron chi connectivity index (χ2n) is 6.46. The molecule has 0 saturated carbocycles. The number of amides is 2. The highest BCUT2D eigenvalue weighted by atomic mass is 35.5. The van der Waals surface area contributed by atoms with Gasteiger partial charge in [0.05, 0.1) is 0 Å². The molecule has 0 aliphatic rings. The number of nitrogens with one attached hydrogen (secondary N) is 1. The summed E-state index contributed by atoms with van der Waals surface area (Å²) in [4.78, 5) is 26.5. The minimum atomic E-state index is -0.0767. The zero-order valence-corrected chi connectivity index (χ0v) is 16.5. The summed E-state index contributed by atoms with van der Waals surface area (Å²) >= 11 is 5.93. The van der Waals surface area contributed by atoms with E-state index in [0.29, 0.717) is 36.5 Å². The summed E-state index contributed by atoms with van der Waals surface area (Å²) in [6, 6.07) is 16.5. The fourth-order valence-electron chi connectivity index (χ4n) is 2.79. The first-order valence-corrected chi connectivity index (χ1v) is 9.88. The van der Waals surface area contributed by atoms with Gasteiger partial charge in [0.2, 0.25) is 5.91 Å². The molecule has 2 aromatic rings. The maximum atomic E-state index is 13.0. The Morgan fingerprint density at radius 3 is 2.33 bits per heavy atom. The number of halogens is 1. The third kappa shape index (κ3) is 7.06. The number of unbranched alkanes of at least 4 members (excludes halogenated alkanes) is 2. The smallest absolute Gasteiger partial charge is 0.258 e. The summed E-state index contributed by atoms with van der Waals surface area (Å²) in [5, 5.41) is 3.54. The highest BCUT2D eigenvalue weighted by Gasteiger charge is 2.17. The van der Waals surface area contributed by atoms with Gasteiger partial charge in [0.15, 0.2) is 0 Å². The van der Waals surface area contributed by atoms with Gasteiger partial charge in [-0.2, -0.15) is 0 Å². The highest BCUT2D eigenvalue weighted by Crippen LogP contribution is 2.18. The Balaban J connectivity index is 1.95. The van der Waals surface area contributed by atoms with Crippen LogP contribution in [0.2, 0.25) is 5.02 Å². The quantitative estimate of drug-likeness (QED) is 0.579. The van der Waals surface area contributed by atoms with Gasteiger partial charge in [-0.05, 0) is 49.2 Å². The van der Waals surface area contributed by atoms with Crippen molar-refractivity contribution < 1.29 is 9.59 Å². The molecule has 27 heavy (non-hydrogen) atoms. The molecule has 5 heteroatoms. The average molecular weight is 387 g/mol. The Kier molecular flexibility index (Phi) is 8.85. The van der Waals surface area contributed by atoms with Crippen LogP contribution in [0.1, 0.15) is 49.4 Å². The molecule has 0 bridgehead atoms. The van der Waals surface area contributed by atoms with Crippen molar-refractivity contribution >= 4 is 29.1 Å². The number of nitrogens with zero attached hydrogens (tertiary/aromatic N) is 1. The monoisotopic (exact) mass is 386 g/mol. The third-order valence-corrected chi connectivity index (χ3v) is 4.54. The lowest BCUT2D eigenvalue weighted by Crippen LogP contribution is -2.34. The van der Waals surface area contributed by atoms with Crippen molar-refractivity contribution in [1.29, 1.82) is 0 Å². The van der Waals surface area contributed by atoms with Crippen LogP contribution in [0.4, 0.5) is 5.69 Å². The first-order valence-electron chi connectivity index (χ1n) is 9.51. The molecule has 0 atom stereocenters. The van der Waals surface area contributed by atoms with Crippen LogP contribution in [0.25, 0.3) is 0 Å². The number of benzene rings is 2. The Bertz CT molecular complexity index is 717. The second-order valence-corrected chi connectivity index (χ2v) is 6.90. The summed E-state index contributed by atoms with van der Waals surface area (Å²) in [5.41, 5.74) is 1.43. The average Bonchev–Trinajstić information content (AvgIpc) is 2.69. The van der Waals surface area contributed by atoms with Crippen molar-refractivity contribution in [2.45, 2.75) is 39.0 Å². The molecule has 4 nitrogen and oxygen atoms in total. The van der Waals surface area contributed by atoms with Gasteiger partial charge in [0.1, 0.15) is 0 Å². The van der Waals surface area contributed by atoms with Crippen molar-refractivity contribution in [1.82, 2.24) is 5.32 Å². The van der Waals surface area contributed by atoms with E-state index in [0.717, 1.165) is 24.9 Å². The standard InChI is InChI=1S/C22H27ClN2O2/c1-2-3-5-11-21(26)24-16-8-17-25(20-9-6-4-7-10-20)22(27)18-12-14-19(23)15-13-18/h4,6-7,9-10,12-15H,2-3,5,8,11,16-17H2,1H3,(H,24,26). The van der Waals surface area contributed by atoms with Gasteiger partial charge in [-0.15, -0.1) is 0 Å². The molecule has 0 unspecified atom stereocenters. The molecule has 2 aromatic carbocycles. The SMILES string of the molecule is CCCCCC(=O)NCCCN(C(=O)c1ccc(Cl)cc1)c1ccccc1. The molecule has 144 valence electrons. The van der Waals surface area contributed by atoms with Crippen molar-refractivity contribution in [3.63, 3.8) is 0 Å². The van der Waals surface area contributed by atoms with Crippen LogP contribution in [-0.4, -0.2) is 24.9 Å². The Labute approximate surface area is 166 Å². The number of rotatable bonds is 10. The molecule has 0 radical (unpaired) electrons. The van der Waals surface area contributed by atoms with E-state index in [1.165, 1.54) is 0 Å². The molecule has 0 fully saturated rings. The van der Waals surface area contributed by atoms with Gasteiger partial charge in [0.25, 0.3) is 5.91 Å². The fraction of sp³-hybridized carbons (Fsp3) is 0.364. The van der Waals surface area contributed by atoms with Gasteiger partial charge in [-0.25, -0.2) is 0 Å². The molecule has 0 aliphatic heterocycles. The van der Waals surface area contributed by atoms with E-state index >= 15 is 0 Å². The molecule has 0 aromatic heterocycles. The van der Waals surface area contributed by atoms with Crippen LogP contribution in [-0.2, 0) is 4.79 Å². The lowest BCUT2D eigenvalue weighted by molar-refractivity contribution is -0.121. The number of carbonyl (C=O) groups is 2. The molecule has 0 heterocycles. The predicted molar refractivity (Wildman–Crippen MR) is 111 cm³/mol. The van der Waals surface area contributed by atoms with E-state index in [-0.39, 0.29) is 11.8 Å². The molecule has 1 N–H and O–H groups in total. The molecule has 0 aliphatic carbocycles. The number of carbonyl (C=O) groups excluding carboxylic acids is 2. The second kappa shape index (κ2) is 11.4. The van der Waals surface area contributed by atoms with E-state index in [9.17, 15) is 9.59 Å². The molecular formula is C22H27ClN2O2. The van der Waals surface area contributed by atoms with E-state index < -0.39 is 0 Å². The number of anilines is 1. The van der Waals surface area contributed by atoms with E-state index in [4.69, 9.17) is 11.6 Å². The summed E-state index contributed by atoms with van der Waals surface area (Å²) in [6.07, 6.45) is 4.36. The zero-order valence-electron chi connectivity index (χ0n) is 15.8. The van der Waals surface area contributed by atoms with Crippen LogP contribution in [0.3, 0.4) is 0 Å². The Hall–Kier alpha value is -2.33. The minimum Gasteiger partial charge on any atom is -0.356 e. The zero-order chi connectivity index (χ0) is 19.5.